The summed E-state index contributed by atoms with van der Waals surface area (Å²) in [6.45, 7) is 6.14. The molecule has 0 atom stereocenters. The third-order valence-corrected chi connectivity index (χ3v) is 3.39. The first kappa shape index (κ1) is 13.8. The summed E-state index contributed by atoms with van der Waals surface area (Å²) in [7, 11) is 2.05. The SMILES string of the molecule is Cc1nc2cc(/C=C/CCC(C)(C)N)ccc2n1C. The molecular weight excluding hydrogens is 234 g/mol. The lowest BCUT2D eigenvalue weighted by Crippen LogP contribution is -2.31. The van der Waals surface area contributed by atoms with Crippen LogP contribution in [0.25, 0.3) is 17.1 Å². The quantitative estimate of drug-likeness (QED) is 0.912. The van der Waals surface area contributed by atoms with Crippen LogP contribution in [-0.2, 0) is 7.05 Å². The fourth-order valence-electron chi connectivity index (χ4n) is 2.12. The standard InChI is InChI=1S/C16H23N3/c1-12-18-14-11-13(8-9-15(14)19(12)4)7-5-6-10-16(2,3)17/h5,7-9,11H,6,10,17H2,1-4H3/b7-5+. The zero-order chi connectivity index (χ0) is 14.0. The van der Waals surface area contributed by atoms with Crippen LogP contribution in [0.15, 0.2) is 24.3 Å². The fraction of sp³-hybridized carbons (Fsp3) is 0.438. The molecule has 2 N–H and O–H groups in total. The van der Waals surface area contributed by atoms with Gasteiger partial charge in [-0.25, -0.2) is 4.98 Å². The molecule has 0 aliphatic heterocycles. The van der Waals surface area contributed by atoms with E-state index in [2.05, 4.69) is 53.7 Å². The molecule has 2 aromatic rings. The smallest absolute Gasteiger partial charge is 0.106 e. The first-order chi connectivity index (χ1) is 8.87. The van der Waals surface area contributed by atoms with Crippen LogP contribution >= 0.6 is 0 Å². The Morgan fingerprint density at radius 3 is 2.79 bits per heavy atom. The van der Waals surface area contributed by atoms with E-state index in [4.69, 9.17) is 5.73 Å². The van der Waals surface area contributed by atoms with Gasteiger partial charge in [0.05, 0.1) is 11.0 Å². The number of hydrogen-bond donors (Lipinski definition) is 1. The highest BCUT2D eigenvalue weighted by Gasteiger charge is 2.08. The van der Waals surface area contributed by atoms with Crippen LogP contribution in [0.5, 0.6) is 0 Å². The minimum absolute atomic E-state index is 0.0909. The molecule has 0 spiro atoms. The van der Waals surface area contributed by atoms with Crippen molar-refractivity contribution in [1.82, 2.24) is 9.55 Å². The average molecular weight is 257 g/mol. The van der Waals surface area contributed by atoms with Gasteiger partial charge in [0.15, 0.2) is 0 Å². The van der Waals surface area contributed by atoms with E-state index in [9.17, 15) is 0 Å². The highest BCUT2D eigenvalue weighted by Crippen LogP contribution is 2.17. The van der Waals surface area contributed by atoms with Crippen molar-refractivity contribution in [3.63, 3.8) is 0 Å². The van der Waals surface area contributed by atoms with Crippen LogP contribution < -0.4 is 5.73 Å². The zero-order valence-corrected chi connectivity index (χ0v) is 12.3. The van der Waals surface area contributed by atoms with Gasteiger partial charge >= 0.3 is 0 Å². The van der Waals surface area contributed by atoms with E-state index in [0.717, 1.165) is 24.2 Å². The Balaban J connectivity index is 2.11. The molecule has 0 fully saturated rings. The summed E-state index contributed by atoms with van der Waals surface area (Å²) in [5.41, 5.74) is 9.30. The van der Waals surface area contributed by atoms with Crippen LogP contribution in [0.4, 0.5) is 0 Å². The molecule has 0 unspecified atom stereocenters. The van der Waals surface area contributed by atoms with E-state index in [0.29, 0.717) is 0 Å². The maximum absolute atomic E-state index is 5.96. The van der Waals surface area contributed by atoms with Crippen molar-refractivity contribution in [1.29, 1.82) is 0 Å². The van der Waals surface area contributed by atoms with Gasteiger partial charge in [-0.15, -0.1) is 0 Å². The molecule has 19 heavy (non-hydrogen) atoms. The van der Waals surface area contributed by atoms with Crippen molar-refractivity contribution in [2.24, 2.45) is 12.8 Å². The Morgan fingerprint density at radius 1 is 1.37 bits per heavy atom. The molecule has 0 bridgehead atoms. The van der Waals surface area contributed by atoms with E-state index in [1.54, 1.807) is 0 Å². The van der Waals surface area contributed by atoms with Gasteiger partial charge in [-0.1, -0.05) is 18.2 Å². The van der Waals surface area contributed by atoms with Gasteiger partial charge in [0.2, 0.25) is 0 Å². The average Bonchev–Trinajstić information content (AvgIpc) is 2.59. The van der Waals surface area contributed by atoms with Gasteiger partial charge < -0.3 is 10.3 Å². The first-order valence-electron chi connectivity index (χ1n) is 6.75. The second kappa shape index (κ2) is 5.17. The topological polar surface area (TPSA) is 43.8 Å². The van der Waals surface area contributed by atoms with E-state index in [-0.39, 0.29) is 5.54 Å². The second-order valence-corrected chi connectivity index (χ2v) is 5.90. The predicted octanol–water partition coefficient (Wildman–Crippen LogP) is 3.41. The number of allylic oxidation sites excluding steroid dienone is 1. The lowest BCUT2D eigenvalue weighted by Gasteiger charge is -2.16. The number of benzene rings is 1. The molecule has 1 aromatic heterocycles. The summed E-state index contributed by atoms with van der Waals surface area (Å²) in [5.74, 6) is 1.04. The normalized spacial score (nSPS) is 12.7. The third-order valence-electron chi connectivity index (χ3n) is 3.39. The molecular formula is C16H23N3. The monoisotopic (exact) mass is 257 g/mol. The summed E-state index contributed by atoms with van der Waals surface area (Å²) < 4.78 is 2.11. The fourth-order valence-corrected chi connectivity index (χ4v) is 2.12. The van der Waals surface area contributed by atoms with Crippen LogP contribution in [0.1, 0.15) is 38.1 Å². The van der Waals surface area contributed by atoms with E-state index < -0.39 is 0 Å². The summed E-state index contributed by atoms with van der Waals surface area (Å²) in [6.07, 6.45) is 6.33. The Bertz CT molecular complexity index is 600. The highest BCUT2D eigenvalue weighted by atomic mass is 15.0. The van der Waals surface area contributed by atoms with Crippen LogP contribution in [0.2, 0.25) is 0 Å². The number of fused-ring (bicyclic) bond motifs is 1. The number of nitrogens with two attached hydrogens (primary N) is 1. The molecule has 0 aliphatic rings. The Labute approximate surface area is 115 Å². The predicted molar refractivity (Wildman–Crippen MR) is 82.0 cm³/mol. The molecule has 0 radical (unpaired) electrons. The highest BCUT2D eigenvalue weighted by molar-refractivity contribution is 5.79. The van der Waals surface area contributed by atoms with Gasteiger partial charge in [0, 0.05) is 12.6 Å². The van der Waals surface area contributed by atoms with Crippen LogP contribution in [-0.4, -0.2) is 15.1 Å². The summed E-state index contributed by atoms with van der Waals surface area (Å²) in [6, 6.07) is 6.39. The maximum atomic E-state index is 5.96. The van der Waals surface area contributed by atoms with Crippen molar-refractivity contribution in [3.05, 3.63) is 35.7 Å². The number of nitrogens with zero attached hydrogens (tertiary/aromatic N) is 2. The lowest BCUT2D eigenvalue weighted by molar-refractivity contribution is 0.482. The second-order valence-electron chi connectivity index (χ2n) is 5.90. The number of rotatable bonds is 4. The number of hydrogen-bond acceptors (Lipinski definition) is 2. The summed E-state index contributed by atoms with van der Waals surface area (Å²) in [4.78, 5) is 4.55. The third kappa shape index (κ3) is 3.44. The van der Waals surface area contributed by atoms with Crippen molar-refractivity contribution >= 4 is 17.1 Å². The van der Waals surface area contributed by atoms with Crippen LogP contribution in [0, 0.1) is 6.92 Å². The van der Waals surface area contributed by atoms with E-state index in [1.165, 1.54) is 11.1 Å². The van der Waals surface area contributed by atoms with E-state index >= 15 is 0 Å². The van der Waals surface area contributed by atoms with E-state index in [1.807, 2.05) is 14.0 Å². The van der Waals surface area contributed by atoms with Gasteiger partial charge in [0.1, 0.15) is 5.82 Å². The largest absolute Gasteiger partial charge is 0.331 e. The number of imidazole rings is 1. The molecule has 3 heteroatoms. The maximum Gasteiger partial charge on any atom is 0.106 e. The number of aromatic nitrogens is 2. The molecule has 1 heterocycles. The minimum Gasteiger partial charge on any atom is -0.331 e. The molecule has 0 saturated carbocycles. The van der Waals surface area contributed by atoms with Gasteiger partial charge in [-0.2, -0.15) is 0 Å². The Hall–Kier alpha value is -1.61. The lowest BCUT2D eigenvalue weighted by atomic mass is 10.00. The first-order valence-corrected chi connectivity index (χ1v) is 6.75. The molecule has 0 saturated heterocycles. The summed E-state index contributed by atoms with van der Waals surface area (Å²) in [5, 5.41) is 0. The molecule has 102 valence electrons. The molecule has 3 nitrogen and oxygen atoms in total. The van der Waals surface area contributed by atoms with Crippen molar-refractivity contribution in [2.45, 2.75) is 39.2 Å². The van der Waals surface area contributed by atoms with Crippen molar-refractivity contribution < 1.29 is 0 Å². The van der Waals surface area contributed by atoms with Gasteiger partial charge in [-0.3, -0.25) is 0 Å². The molecule has 1 aromatic carbocycles. The van der Waals surface area contributed by atoms with Crippen LogP contribution in [0.3, 0.4) is 0 Å². The number of aryl methyl sites for hydroxylation is 2. The Kier molecular flexibility index (Phi) is 3.76. The minimum atomic E-state index is -0.0909. The molecule has 2 rings (SSSR count). The Morgan fingerprint density at radius 2 is 2.11 bits per heavy atom. The molecule has 0 aliphatic carbocycles. The van der Waals surface area contributed by atoms with Crippen molar-refractivity contribution in [2.75, 3.05) is 0 Å². The summed E-state index contributed by atoms with van der Waals surface area (Å²) >= 11 is 0. The molecule has 0 amide bonds. The van der Waals surface area contributed by atoms with Gasteiger partial charge in [-0.05, 0) is 51.3 Å². The van der Waals surface area contributed by atoms with Gasteiger partial charge in [0.25, 0.3) is 0 Å². The zero-order valence-electron chi connectivity index (χ0n) is 12.3. The van der Waals surface area contributed by atoms with Crippen molar-refractivity contribution in [3.8, 4) is 0 Å².